The van der Waals surface area contributed by atoms with Gasteiger partial charge in [-0.3, -0.25) is 0 Å². The first-order chi connectivity index (χ1) is 15.2. The molecular formula is C19H14ClF3N6O3. The smallest absolute Gasteiger partial charge is 0.416 e. The summed E-state index contributed by atoms with van der Waals surface area (Å²) in [7, 11) is 2.74. The van der Waals surface area contributed by atoms with Gasteiger partial charge >= 0.3 is 12.2 Å². The number of benzene rings is 1. The van der Waals surface area contributed by atoms with E-state index >= 15 is 0 Å². The molecule has 4 rings (SSSR count). The van der Waals surface area contributed by atoms with Gasteiger partial charge in [-0.1, -0.05) is 0 Å². The first-order valence-electron chi connectivity index (χ1n) is 8.94. The van der Waals surface area contributed by atoms with Crippen LogP contribution in [0.25, 0.3) is 16.8 Å². The van der Waals surface area contributed by atoms with Gasteiger partial charge < -0.3 is 14.2 Å². The summed E-state index contributed by atoms with van der Waals surface area (Å²) in [6, 6.07) is 4.55. The molecule has 0 saturated carbocycles. The summed E-state index contributed by atoms with van der Waals surface area (Å²) in [5.41, 5.74) is 0.610. The molecule has 0 saturated heterocycles. The predicted molar refractivity (Wildman–Crippen MR) is 106 cm³/mol. The average Bonchev–Trinajstić information content (AvgIpc) is 3.14. The number of alkyl halides is 3. The molecule has 3 aromatic heterocycles. The predicted octanol–water partition coefficient (Wildman–Crippen LogP) is 4.37. The Labute approximate surface area is 183 Å². The molecule has 0 aliphatic rings. The molecule has 0 unspecified atom stereocenters. The molecule has 0 radical (unpaired) electrons. The first kappa shape index (κ1) is 21.6. The summed E-state index contributed by atoms with van der Waals surface area (Å²) < 4.78 is 57.4. The zero-order chi connectivity index (χ0) is 23.0. The lowest BCUT2D eigenvalue weighted by molar-refractivity contribution is -0.137. The maximum Gasteiger partial charge on any atom is 0.416 e. The number of ether oxygens (including phenoxy) is 3. The molecule has 0 bridgehead atoms. The maximum atomic E-state index is 13.4. The highest BCUT2D eigenvalue weighted by Gasteiger charge is 2.32. The van der Waals surface area contributed by atoms with Crippen molar-refractivity contribution in [3.05, 3.63) is 46.9 Å². The zero-order valence-electron chi connectivity index (χ0n) is 16.8. The number of rotatable bonds is 5. The van der Waals surface area contributed by atoms with Crippen LogP contribution in [-0.2, 0) is 6.18 Å². The van der Waals surface area contributed by atoms with Crippen molar-refractivity contribution in [2.75, 3.05) is 14.2 Å². The second kappa shape index (κ2) is 8.11. The third kappa shape index (κ3) is 3.96. The van der Waals surface area contributed by atoms with Gasteiger partial charge in [-0.25, -0.2) is 4.98 Å². The minimum absolute atomic E-state index is 0.0225. The van der Waals surface area contributed by atoms with Gasteiger partial charge in [0.25, 0.3) is 0 Å². The molecule has 9 nitrogen and oxygen atoms in total. The van der Waals surface area contributed by atoms with E-state index in [0.29, 0.717) is 11.2 Å². The number of hydrogen-bond donors (Lipinski definition) is 0. The van der Waals surface area contributed by atoms with Crippen LogP contribution in [0.5, 0.6) is 23.5 Å². The molecule has 0 amide bonds. The standard InChI is InChI=1S/C19H14ClF3N6O3/c1-9-6-14(28-29-15(9)26-27-17(29)20)32-13-7-10(19(21,22)23)4-5-11(13)12-8-24-18(31-3)25-16(12)30-2/h4-8H,1-3H3. The van der Waals surface area contributed by atoms with Crippen molar-refractivity contribution in [2.24, 2.45) is 0 Å². The Bertz CT molecular complexity index is 1310. The van der Waals surface area contributed by atoms with E-state index in [4.69, 9.17) is 25.8 Å². The normalized spacial score (nSPS) is 11.6. The Morgan fingerprint density at radius 3 is 2.50 bits per heavy atom. The Morgan fingerprint density at radius 2 is 1.81 bits per heavy atom. The van der Waals surface area contributed by atoms with Crippen molar-refractivity contribution in [1.29, 1.82) is 0 Å². The summed E-state index contributed by atoms with van der Waals surface area (Å²) in [4.78, 5) is 8.09. The summed E-state index contributed by atoms with van der Waals surface area (Å²) >= 11 is 5.98. The van der Waals surface area contributed by atoms with Gasteiger partial charge in [0.2, 0.25) is 17.0 Å². The molecular weight excluding hydrogens is 453 g/mol. The molecule has 0 aliphatic heterocycles. The molecule has 3 heterocycles. The summed E-state index contributed by atoms with van der Waals surface area (Å²) in [5.74, 6) is -0.0871. The second-order valence-electron chi connectivity index (χ2n) is 6.46. The number of methoxy groups -OCH3 is 2. The first-order valence-corrected chi connectivity index (χ1v) is 9.32. The van der Waals surface area contributed by atoms with E-state index in [-0.39, 0.29) is 39.9 Å². The molecule has 4 aromatic rings. The largest absolute Gasteiger partial charge is 0.480 e. The van der Waals surface area contributed by atoms with E-state index in [1.807, 2.05) is 0 Å². The Hall–Kier alpha value is -3.67. The minimum atomic E-state index is -4.60. The van der Waals surface area contributed by atoms with Crippen molar-refractivity contribution in [2.45, 2.75) is 13.1 Å². The topological polar surface area (TPSA) is 96.6 Å². The molecule has 32 heavy (non-hydrogen) atoms. The van der Waals surface area contributed by atoms with E-state index in [0.717, 1.165) is 12.1 Å². The van der Waals surface area contributed by atoms with Crippen molar-refractivity contribution in [3.8, 4) is 34.6 Å². The van der Waals surface area contributed by atoms with Gasteiger partial charge in [-0.15, -0.1) is 15.3 Å². The van der Waals surface area contributed by atoms with Crippen LogP contribution in [0.3, 0.4) is 0 Å². The monoisotopic (exact) mass is 466 g/mol. The Morgan fingerprint density at radius 1 is 1.03 bits per heavy atom. The van der Waals surface area contributed by atoms with E-state index < -0.39 is 11.7 Å². The lowest BCUT2D eigenvalue weighted by atomic mass is 10.0. The molecule has 0 aliphatic carbocycles. The van der Waals surface area contributed by atoms with Crippen molar-refractivity contribution >= 4 is 17.2 Å². The van der Waals surface area contributed by atoms with Crippen molar-refractivity contribution < 1.29 is 27.4 Å². The van der Waals surface area contributed by atoms with Crippen LogP contribution in [0, 0.1) is 6.92 Å². The fraction of sp³-hybridized carbons (Fsp3) is 0.211. The van der Waals surface area contributed by atoms with E-state index in [1.165, 1.54) is 37.1 Å². The molecule has 13 heteroatoms. The van der Waals surface area contributed by atoms with Gasteiger partial charge in [-0.2, -0.15) is 22.7 Å². The van der Waals surface area contributed by atoms with Crippen LogP contribution in [0.1, 0.15) is 11.1 Å². The third-order valence-corrected chi connectivity index (χ3v) is 4.65. The highest BCUT2D eigenvalue weighted by molar-refractivity contribution is 6.28. The van der Waals surface area contributed by atoms with Gasteiger partial charge in [0.1, 0.15) is 5.75 Å². The van der Waals surface area contributed by atoms with Crippen LogP contribution < -0.4 is 14.2 Å². The maximum absolute atomic E-state index is 13.4. The van der Waals surface area contributed by atoms with Crippen LogP contribution in [-0.4, -0.2) is 44.0 Å². The van der Waals surface area contributed by atoms with Gasteiger partial charge in [0, 0.05) is 23.4 Å². The molecule has 0 atom stereocenters. The van der Waals surface area contributed by atoms with E-state index in [2.05, 4.69) is 25.3 Å². The van der Waals surface area contributed by atoms with Crippen LogP contribution in [0.15, 0.2) is 30.5 Å². The summed E-state index contributed by atoms with van der Waals surface area (Å²) in [6.45, 7) is 1.71. The molecule has 0 fully saturated rings. The molecule has 166 valence electrons. The van der Waals surface area contributed by atoms with Gasteiger partial charge in [-0.05, 0) is 36.7 Å². The number of aryl methyl sites for hydroxylation is 1. The molecule has 0 spiro atoms. The lowest BCUT2D eigenvalue weighted by Crippen LogP contribution is -2.06. The quantitative estimate of drug-likeness (QED) is 0.428. The average molecular weight is 467 g/mol. The lowest BCUT2D eigenvalue weighted by Gasteiger charge is -2.16. The minimum Gasteiger partial charge on any atom is -0.480 e. The van der Waals surface area contributed by atoms with E-state index in [9.17, 15) is 13.2 Å². The highest BCUT2D eigenvalue weighted by Crippen LogP contribution is 2.41. The summed E-state index contributed by atoms with van der Waals surface area (Å²) in [5, 5.41) is 11.7. The number of fused-ring (bicyclic) bond motifs is 1. The molecule has 1 aromatic carbocycles. The molecule has 0 N–H and O–H groups in total. The third-order valence-electron chi connectivity index (χ3n) is 4.42. The Balaban J connectivity index is 1.87. The van der Waals surface area contributed by atoms with E-state index in [1.54, 1.807) is 6.92 Å². The number of aromatic nitrogens is 6. The fourth-order valence-electron chi connectivity index (χ4n) is 2.93. The Kier molecular flexibility index (Phi) is 5.46. The number of nitrogens with zero attached hydrogens (tertiary/aromatic N) is 6. The zero-order valence-corrected chi connectivity index (χ0v) is 17.6. The van der Waals surface area contributed by atoms with Crippen molar-refractivity contribution in [3.63, 3.8) is 0 Å². The van der Waals surface area contributed by atoms with Gasteiger partial charge in [0.15, 0.2) is 5.65 Å². The van der Waals surface area contributed by atoms with Crippen LogP contribution in [0.4, 0.5) is 13.2 Å². The number of halogens is 4. The number of hydrogen-bond acceptors (Lipinski definition) is 8. The SMILES string of the molecule is COc1ncc(-c2ccc(C(F)(F)F)cc2Oc2cc(C)c3nnc(Cl)n3n2)c(OC)n1. The fourth-order valence-corrected chi connectivity index (χ4v) is 3.09. The van der Waals surface area contributed by atoms with Crippen molar-refractivity contribution in [1.82, 2.24) is 29.8 Å². The van der Waals surface area contributed by atoms with Crippen LogP contribution in [0.2, 0.25) is 5.28 Å². The second-order valence-corrected chi connectivity index (χ2v) is 6.80. The summed E-state index contributed by atoms with van der Waals surface area (Å²) in [6.07, 6.45) is -3.24. The highest BCUT2D eigenvalue weighted by atomic mass is 35.5. The van der Waals surface area contributed by atoms with Crippen LogP contribution >= 0.6 is 11.6 Å². The van der Waals surface area contributed by atoms with Gasteiger partial charge in [0.05, 0.1) is 25.3 Å².